The number of carboxylic acid groups (broad SMARTS) is 1. The average molecular weight is 321 g/mol. The molecule has 1 unspecified atom stereocenters. The van der Waals surface area contributed by atoms with Crippen molar-refractivity contribution in [2.75, 3.05) is 6.61 Å². The fourth-order valence-electron chi connectivity index (χ4n) is 1.90. The molecule has 1 atom stereocenters. The molecule has 0 aliphatic carbocycles. The van der Waals surface area contributed by atoms with Gasteiger partial charge in [-0.1, -0.05) is 12.1 Å². The van der Waals surface area contributed by atoms with Crippen molar-refractivity contribution in [2.24, 2.45) is 0 Å². The molecule has 0 spiro atoms. The summed E-state index contributed by atoms with van der Waals surface area (Å²) in [6.45, 7) is 3.75. The van der Waals surface area contributed by atoms with Gasteiger partial charge in [0.15, 0.2) is 0 Å². The molecule has 22 heavy (non-hydrogen) atoms. The Morgan fingerprint density at radius 1 is 1.36 bits per heavy atom. The fraction of sp³-hybridized carbons (Fsp3) is 0.267. The summed E-state index contributed by atoms with van der Waals surface area (Å²) in [5.41, 5.74) is 0.733. The van der Waals surface area contributed by atoms with E-state index in [4.69, 9.17) is 9.84 Å². The van der Waals surface area contributed by atoms with Gasteiger partial charge in [0.25, 0.3) is 11.1 Å². The van der Waals surface area contributed by atoms with Crippen LogP contribution in [0.25, 0.3) is 6.08 Å². The number of benzene rings is 1. The van der Waals surface area contributed by atoms with Gasteiger partial charge in [0.05, 0.1) is 11.5 Å². The molecule has 2 amide bonds. The number of amides is 2. The van der Waals surface area contributed by atoms with Crippen LogP contribution in [0.15, 0.2) is 29.2 Å². The molecule has 1 N–H and O–H groups in total. The van der Waals surface area contributed by atoms with E-state index in [1.807, 2.05) is 6.92 Å². The zero-order chi connectivity index (χ0) is 16.3. The second-order valence-corrected chi connectivity index (χ2v) is 5.56. The quantitative estimate of drug-likeness (QED) is 0.839. The molecule has 0 aromatic heterocycles. The van der Waals surface area contributed by atoms with Gasteiger partial charge in [0.1, 0.15) is 11.8 Å². The van der Waals surface area contributed by atoms with E-state index in [2.05, 4.69) is 0 Å². The standard InChI is InChI=1S/C15H15NO5S/c1-3-21-11-6-4-10(5-7-11)8-12-13(17)16(15(20)22-12)9(2)14(18)19/h4-9H,3H2,1-2H3,(H,18,19)/b12-8-. The summed E-state index contributed by atoms with van der Waals surface area (Å²) in [5.74, 6) is -1.09. The fourth-order valence-corrected chi connectivity index (χ4v) is 2.81. The number of aliphatic carboxylic acids is 1. The molecule has 0 saturated carbocycles. The van der Waals surface area contributed by atoms with Crippen molar-refractivity contribution in [1.29, 1.82) is 0 Å². The van der Waals surface area contributed by atoms with Crippen LogP contribution in [-0.4, -0.2) is 39.8 Å². The maximum Gasteiger partial charge on any atom is 0.326 e. The van der Waals surface area contributed by atoms with Crippen LogP contribution in [0.1, 0.15) is 19.4 Å². The Bertz CT molecular complexity index is 638. The molecular weight excluding hydrogens is 306 g/mol. The highest BCUT2D eigenvalue weighted by atomic mass is 32.2. The van der Waals surface area contributed by atoms with Gasteiger partial charge in [0, 0.05) is 0 Å². The number of thioether (sulfide) groups is 1. The van der Waals surface area contributed by atoms with Gasteiger partial charge in [-0.25, -0.2) is 4.79 Å². The van der Waals surface area contributed by atoms with Crippen molar-refractivity contribution in [2.45, 2.75) is 19.9 Å². The van der Waals surface area contributed by atoms with E-state index in [9.17, 15) is 14.4 Å². The number of carboxylic acids is 1. The lowest BCUT2D eigenvalue weighted by Gasteiger charge is -2.16. The van der Waals surface area contributed by atoms with Gasteiger partial charge in [-0.05, 0) is 49.4 Å². The lowest BCUT2D eigenvalue weighted by molar-refractivity contribution is -0.145. The molecule has 116 valence electrons. The molecule has 1 aromatic rings. The first kappa shape index (κ1) is 16.1. The molecule has 6 nitrogen and oxygen atoms in total. The third-order valence-electron chi connectivity index (χ3n) is 3.06. The third kappa shape index (κ3) is 3.30. The predicted octanol–water partition coefficient (Wildman–Crippen LogP) is 2.59. The van der Waals surface area contributed by atoms with Crippen LogP contribution in [0.3, 0.4) is 0 Å². The maximum atomic E-state index is 12.2. The number of rotatable bonds is 5. The first-order valence-electron chi connectivity index (χ1n) is 6.66. The van der Waals surface area contributed by atoms with Crippen LogP contribution in [0.2, 0.25) is 0 Å². The monoisotopic (exact) mass is 321 g/mol. The number of nitrogens with zero attached hydrogens (tertiary/aromatic N) is 1. The molecular formula is C15H15NO5S. The largest absolute Gasteiger partial charge is 0.494 e. The maximum absolute atomic E-state index is 12.2. The zero-order valence-corrected chi connectivity index (χ0v) is 12.9. The van der Waals surface area contributed by atoms with Crippen LogP contribution >= 0.6 is 11.8 Å². The first-order chi connectivity index (χ1) is 10.4. The van der Waals surface area contributed by atoms with Gasteiger partial charge in [-0.3, -0.25) is 14.5 Å². The van der Waals surface area contributed by atoms with Crippen molar-refractivity contribution in [3.05, 3.63) is 34.7 Å². The van der Waals surface area contributed by atoms with Crippen molar-refractivity contribution in [3.63, 3.8) is 0 Å². The van der Waals surface area contributed by atoms with Gasteiger partial charge < -0.3 is 9.84 Å². The summed E-state index contributed by atoms with van der Waals surface area (Å²) in [6.07, 6.45) is 1.56. The van der Waals surface area contributed by atoms with E-state index >= 15 is 0 Å². The summed E-state index contributed by atoms with van der Waals surface area (Å²) >= 11 is 0.741. The van der Waals surface area contributed by atoms with Crippen LogP contribution in [0.5, 0.6) is 5.75 Å². The minimum Gasteiger partial charge on any atom is -0.494 e. The molecule has 1 aliphatic heterocycles. The Balaban J connectivity index is 2.21. The summed E-state index contributed by atoms with van der Waals surface area (Å²) in [4.78, 5) is 35.9. The van der Waals surface area contributed by atoms with E-state index in [1.165, 1.54) is 6.92 Å². The molecule has 1 heterocycles. The topological polar surface area (TPSA) is 83.9 Å². The highest BCUT2D eigenvalue weighted by molar-refractivity contribution is 8.18. The molecule has 1 saturated heterocycles. The highest BCUT2D eigenvalue weighted by Crippen LogP contribution is 2.33. The van der Waals surface area contributed by atoms with E-state index in [0.29, 0.717) is 12.4 Å². The van der Waals surface area contributed by atoms with Crippen LogP contribution in [0.4, 0.5) is 4.79 Å². The molecule has 2 rings (SSSR count). The van der Waals surface area contributed by atoms with E-state index in [-0.39, 0.29) is 4.91 Å². The number of imide groups is 1. The Labute approximate surface area is 131 Å². The number of carbonyl (C=O) groups excluding carboxylic acids is 2. The minimum absolute atomic E-state index is 0.210. The minimum atomic E-state index is -1.22. The SMILES string of the molecule is CCOc1ccc(/C=C2\SC(=O)N(C(C)C(=O)O)C2=O)cc1. The van der Waals surface area contributed by atoms with Crippen molar-refractivity contribution in [3.8, 4) is 5.75 Å². The Morgan fingerprint density at radius 3 is 2.55 bits per heavy atom. The third-order valence-corrected chi connectivity index (χ3v) is 3.94. The van der Waals surface area contributed by atoms with Crippen LogP contribution in [0, 0.1) is 0 Å². The van der Waals surface area contributed by atoms with E-state index in [0.717, 1.165) is 22.2 Å². The highest BCUT2D eigenvalue weighted by Gasteiger charge is 2.40. The molecule has 7 heteroatoms. The van der Waals surface area contributed by atoms with E-state index < -0.39 is 23.2 Å². The number of hydrogen-bond acceptors (Lipinski definition) is 5. The van der Waals surface area contributed by atoms with Gasteiger partial charge in [-0.2, -0.15) is 0 Å². The van der Waals surface area contributed by atoms with Gasteiger partial charge in [0.2, 0.25) is 0 Å². The molecule has 0 bridgehead atoms. The Kier molecular flexibility index (Phi) is 4.87. The zero-order valence-electron chi connectivity index (χ0n) is 12.1. The second-order valence-electron chi connectivity index (χ2n) is 4.57. The first-order valence-corrected chi connectivity index (χ1v) is 7.48. The molecule has 1 fully saturated rings. The summed E-state index contributed by atoms with van der Waals surface area (Å²) in [6, 6.07) is 5.87. The second kappa shape index (κ2) is 6.65. The number of carbonyl (C=O) groups is 3. The summed E-state index contributed by atoms with van der Waals surface area (Å²) in [5, 5.41) is 8.37. The summed E-state index contributed by atoms with van der Waals surface area (Å²) in [7, 11) is 0. The summed E-state index contributed by atoms with van der Waals surface area (Å²) < 4.78 is 5.32. The lowest BCUT2D eigenvalue weighted by atomic mass is 10.2. The number of hydrogen-bond donors (Lipinski definition) is 1. The van der Waals surface area contributed by atoms with E-state index in [1.54, 1.807) is 30.3 Å². The van der Waals surface area contributed by atoms with Crippen LogP contribution < -0.4 is 4.74 Å². The molecule has 1 aromatic carbocycles. The smallest absolute Gasteiger partial charge is 0.326 e. The van der Waals surface area contributed by atoms with Crippen molar-refractivity contribution >= 4 is 35.0 Å². The molecule has 1 aliphatic rings. The van der Waals surface area contributed by atoms with Gasteiger partial charge >= 0.3 is 5.97 Å². The number of ether oxygens (including phenoxy) is 1. The predicted molar refractivity (Wildman–Crippen MR) is 82.5 cm³/mol. The molecule has 0 radical (unpaired) electrons. The lowest BCUT2D eigenvalue weighted by Crippen LogP contribution is -2.41. The Morgan fingerprint density at radius 2 is 2.00 bits per heavy atom. The normalized spacial score (nSPS) is 17.9. The average Bonchev–Trinajstić information content (AvgIpc) is 2.75. The van der Waals surface area contributed by atoms with Crippen LogP contribution in [-0.2, 0) is 9.59 Å². The van der Waals surface area contributed by atoms with Crippen molar-refractivity contribution in [1.82, 2.24) is 4.90 Å². The Hall–Kier alpha value is -2.28. The van der Waals surface area contributed by atoms with Gasteiger partial charge in [-0.15, -0.1) is 0 Å². The van der Waals surface area contributed by atoms with Crippen molar-refractivity contribution < 1.29 is 24.2 Å².